The molecular weight excluding hydrogens is 426 g/mol. The van der Waals surface area contributed by atoms with Gasteiger partial charge in [0.2, 0.25) is 11.6 Å². The molecule has 164 valence electrons. The fraction of sp³-hybridized carbons (Fsp3) is 0.0357. The predicted molar refractivity (Wildman–Crippen MR) is 133 cm³/mol. The van der Waals surface area contributed by atoms with Crippen molar-refractivity contribution in [3.05, 3.63) is 95.7 Å². The molecule has 0 bridgehead atoms. The Kier molecular flexibility index (Phi) is 4.52. The molecule has 0 fully saturated rings. The number of allylic oxidation sites excluding steroid dienone is 1. The Morgan fingerprint density at radius 1 is 0.853 bits per heavy atom. The quantitative estimate of drug-likeness (QED) is 0.351. The highest BCUT2D eigenvalue weighted by Crippen LogP contribution is 2.35. The standard InChI is InChI=1S/C28H19N3O3/c1-34-18-12-10-16(11-13-18)25-26-21(20-8-4-5-9-22(20)30-26)15-24(31-25)29-23-14-17-6-2-3-7-19(17)27(32)28(23)33/h2-15,30H,1H3,(H,29,31). The summed E-state index contributed by atoms with van der Waals surface area (Å²) in [6.07, 6.45) is 1.70. The van der Waals surface area contributed by atoms with Crippen molar-refractivity contribution in [1.82, 2.24) is 9.97 Å². The van der Waals surface area contributed by atoms with Crippen LogP contribution in [-0.2, 0) is 4.79 Å². The summed E-state index contributed by atoms with van der Waals surface area (Å²) in [4.78, 5) is 33.8. The van der Waals surface area contributed by atoms with Gasteiger partial charge in [0.05, 0.1) is 24.0 Å². The maximum Gasteiger partial charge on any atom is 0.249 e. The molecule has 0 saturated heterocycles. The summed E-state index contributed by atoms with van der Waals surface area (Å²) in [5.41, 5.74) is 4.83. The third kappa shape index (κ3) is 3.16. The van der Waals surface area contributed by atoms with E-state index in [1.54, 1.807) is 25.3 Å². The summed E-state index contributed by atoms with van der Waals surface area (Å²) in [5.74, 6) is 0.130. The zero-order valence-electron chi connectivity index (χ0n) is 18.3. The molecule has 1 aliphatic carbocycles. The number of Topliss-reactive ketones (excluding diaryl/α,β-unsaturated/α-hetero) is 2. The van der Waals surface area contributed by atoms with E-state index in [9.17, 15) is 9.59 Å². The number of carbonyl (C=O) groups is 2. The number of carbonyl (C=O) groups excluding carboxylic acids is 2. The Morgan fingerprint density at radius 2 is 1.62 bits per heavy atom. The van der Waals surface area contributed by atoms with Gasteiger partial charge in [-0.25, -0.2) is 4.98 Å². The van der Waals surface area contributed by atoms with Gasteiger partial charge in [-0.05, 0) is 48.0 Å². The number of H-pyrrole nitrogens is 1. The van der Waals surface area contributed by atoms with E-state index in [1.807, 2.05) is 66.7 Å². The van der Waals surface area contributed by atoms with Crippen molar-refractivity contribution in [2.75, 3.05) is 12.4 Å². The average Bonchev–Trinajstić information content (AvgIpc) is 3.25. The minimum atomic E-state index is -0.578. The molecule has 0 amide bonds. The molecule has 0 unspecified atom stereocenters. The van der Waals surface area contributed by atoms with E-state index >= 15 is 0 Å². The van der Waals surface area contributed by atoms with Crippen molar-refractivity contribution >= 4 is 45.3 Å². The molecule has 1 aliphatic rings. The molecule has 5 aromatic rings. The molecular formula is C28H19N3O3. The second-order valence-corrected chi connectivity index (χ2v) is 8.11. The molecule has 2 N–H and O–H groups in total. The summed E-state index contributed by atoms with van der Waals surface area (Å²) in [6.45, 7) is 0. The number of nitrogens with zero attached hydrogens (tertiary/aromatic N) is 1. The first-order valence-electron chi connectivity index (χ1n) is 10.8. The highest BCUT2D eigenvalue weighted by atomic mass is 16.5. The second-order valence-electron chi connectivity index (χ2n) is 8.11. The van der Waals surface area contributed by atoms with Gasteiger partial charge in [-0.2, -0.15) is 0 Å². The lowest BCUT2D eigenvalue weighted by Crippen LogP contribution is -2.25. The third-order valence-electron chi connectivity index (χ3n) is 6.08. The SMILES string of the molecule is COc1ccc(-c2nc(NC3=Cc4ccccc4C(=O)C3=O)cc3c2[nH]c2ccccc23)cc1. The van der Waals surface area contributed by atoms with E-state index in [0.717, 1.165) is 38.8 Å². The van der Waals surface area contributed by atoms with E-state index in [2.05, 4.69) is 10.3 Å². The number of aromatic nitrogens is 2. The van der Waals surface area contributed by atoms with Crippen molar-refractivity contribution in [3.8, 4) is 17.0 Å². The van der Waals surface area contributed by atoms with Crippen molar-refractivity contribution in [2.45, 2.75) is 0 Å². The highest BCUT2D eigenvalue weighted by molar-refractivity contribution is 6.52. The fourth-order valence-corrected chi connectivity index (χ4v) is 4.39. The smallest absolute Gasteiger partial charge is 0.249 e. The van der Waals surface area contributed by atoms with Gasteiger partial charge >= 0.3 is 0 Å². The van der Waals surface area contributed by atoms with Gasteiger partial charge in [0.15, 0.2) is 0 Å². The van der Waals surface area contributed by atoms with Gasteiger partial charge < -0.3 is 15.0 Å². The normalized spacial score (nSPS) is 13.1. The Labute approximate surface area is 194 Å². The molecule has 0 radical (unpaired) electrons. The molecule has 0 spiro atoms. The van der Waals surface area contributed by atoms with Crippen LogP contribution in [-0.4, -0.2) is 28.6 Å². The topological polar surface area (TPSA) is 84.1 Å². The number of benzene rings is 3. The Balaban J connectivity index is 1.53. The number of ketones is 2. The number of rotatable bonds is 4. The van der Waals surface area contributed by atoms with Crippen molar-refractivity contribution in [1.29, 1.82) is 0 Å². The summed E-state index contributed by atoms with van der Waals surface area (Å²) >= 11 is 0. The number of anilines is 1. The largest absolute Gasteiger partial charge is 0.497 e. The van der Waals surface area contributed by atoms with E-state index in [4.69, 9.17) is 9.72 Å². The van der Waals surface area contributed by atoms with Crippen LogP contribution in [0, 0.1) is 0 Å². The number of hydrogen-bond acceptors (Lipinski definition) is 5. The highest BCUT2D eigenvalue weighted by Gasteiger charge is 2.28. The number of fused-ring (bicyclic) bond motifs is 4. The first-order chi connectivity index (χ1) is 16.6. The third-order valence-corrected chi connectivity index (χ3v) is 6.08. The maximum absolute atomic E-state index is 12.8. The fourth-order valence-electron chi connectivity index (χ4n) is 4.39. The number of nitrogens with one attached hydrogen (secondary N) is 2. The number of hydrogen-bond donors (Lipinski definition) is 2. The lowest BCUT2D eigenvalue weighted by molar-refractivity contribution is -0.111. The van der Waals surface area contributed by atoms with Crippen LogP contribution in [0.15, 0.2) is 84.6 Å². The van der Waals surface area contributed by atoms with E-state index in [-0.39, 0.29) is 5.70 Å². The van der Waals surface area contributed by atoms with Crippen LogP contribution in [0.3, 0.4) is 0 Å². The maximum atomic E-state index is 12.8. The molecule has 0 saturated carbocycles. The average molecular weight is 445 g/mol. The van der Waals surface area contributed by atoms with Crippen LogP contribution in [0.1, 0.15) is 15.9 Å². The number of ether oxygens (including phenoxy) is 1. The summed E-state index contributed by atoms with van der Waals surface area (Å²) in [5, 5.41) is 5.13. The van der Waals surface area contributed by atoms with E-state index in [0.29, 0.717) is 16.9 Å². The molecule has 2 aromatic heterocycles. The first kappa shape index (κ1) is 19.9. The van der Waals surface area contributed by atoms with E-state index < -0.39 is 11.6 Å². The Bertz CT molecular complexity index is 1650. The van der Waals surface area contributed by atoms with Crippen LogP contribution in [0.2, 0.25) is 0 Å². The molecule has 6 rings (SSSR count). The Morgan fingerprint density at radius 3 is 2.44 bits per heavy atom. The van der Waals surface area contributed by atoms with Crippen LogP contribution >= 0.6 is 0 Å². The second kappa shape index (κ2) is 7.71. The van der Waals surface area contributed by atoms with Gasteiger partial charge in [-0.15, -0.1) is 0 Å². The molecule has 0 aliphatic heterocycles. The van der Waals surface area contributed by atoms with Crippen LogP contribution in [0.4, 0.5) is 5.82 Å². The van der Waals surface area contributed by atoms with Gasteiger partial charge in [-0.1, -0.05) is 42.5 Å². The minimum absolute atomic E-state index is 0.205. The van der Waals surface area contributed by atoms with Gasteiger partial charge in [0.25, 0.3) is 0 Å². The Hall–Kier alpha value is -4.71. The van der Waals surface area contributed by atoms with Gasteiger partial charge in [-0.3, -0.25) is 9.59 Å². The molecule has 6 nitrogen and oxygen atoms in total. The zero-order valence-corrected chi connectivity index (χ0v) is 18.3. The van der Waals surface area contributed by atoms with Gasteiger partial charge in [0.1, 0.15) is 11.6 Å². The van der Waals surface area contributed by atoms with Crippen LogP contribution < -0.4 is 10.1 Å². The molecule has 34 heavy (non-hydrogen) atoms. The lowest BCUT2D eigenvalue weighted by atomic mass is 9.93. The minimum Gasteiger partial charge on any atom is -0.497 e. The molecule has 0 atom stereocenters. The predicted octanol–water partition coefficient (Wildman–Crippen LogP) is 5.61. The van der Waals surface area contributed by atoms with Crippen molar-refractivity contribution in [2.24, 2.45) is 0 Å². The van der Waals surface area contributed by atoms with Crippen molar-refractivity contribution in [3.63, 3.8) is 0 Å². The summed E-state index contributed by atoms with van der Waals surface area (Å²) in [7, 11) is 1.63. The molecule has 3 aromatic carbocycles. The number of aromatic amines is 1. The number of para-hydroxylation sites is 1. The molecule has 2 heterocycles. The van der Waals surface area contributed by atoms with Gasteiger partial charge in [0, 0.05) is 27.4 Å². The summed E-state index contributed by atoms with van der Waals surface area (Å²) in [6, 6.07) is 24.7. The van der Waals surface area contributed by atoms with Crippen molar-refractivity contribution < 1.29 is 14.3 Å². The molecule has 6 heteroatoms. The number of pyridine rings is 1. The monoisotopic (exact) mass is 445 g/mol. The number of methoxy groups -OCH3 is 1. The zero-order chi connectivity index (χ0) is 23.2. The summed E-state index contributed by atoms with van der Waals surface area (Å²) < 4.78 is 5.30. The van der Waals surface area contributed by atoms with E-state index in [1.165, 1.54) is 0 Å². The van der Waals surface area contributed by atoms with Crippen LogP contribution in [0.25, 0.3) is 39.1 Å². The lowest BCUT2D eigenvalue weighted by Gasteiger charge is -2.16. The first-order valence-corrected chi connectivity index (χ1v) is 10.8. The van der Waals surface area contributed by atoms with Crippen LogP contribution in [0.5, 0.6) is 5.75 Å².